The van der Waals surface area contributed by atoms with Crippen LogP contribution in [0.3, 0.4) is 0 Å². The number of hydrogen-bond acceptors (Lipinski definition) is 3. The van der Waals surface area contributed by atoms with Crippen LogP contribution in [-0.4, -0.2) is 18.6 Å². The largest absolute Gasteiger partial charge is 0.493 e. The van der Waals surface area contributed by atoms with Gasteiger partial charge >= 0.3 is 0 Å². The molecule has 0 amide bonds. The van der Waals surface area contributed by atoms with Crippen LogP contribution in [0.2, 0.25) is 0 Å². The van der Waals surface area contributed by atoms with Crippen LogP contribution < -0.4 is 10.1 Å². The number of hydrogen-bond donors (Lipinski definition) is 1. The lowest BCUT2D eigenvalue weighted by Crippen LogP contribution is -1.95. The highest BCUT2D eigenvalue weighted by atomic mass is 16.5. The van der Waals surface area contributed by atoms with Gasteiger partial charge in [-0.15, -0.1) is 0 Å². The number of pyridine rings is 1. The highest BCUT2D eigenvalue weighted by molar-refractivity contribution is 5.52. The highest BCUT2D eigenvalue weighted by Crippen LogP contribution is 2.28. The maximum atomic E-state index is 5.36. The van der Waals surface area contributed by atoms with Gasteiger partial charge in [0.05, 0.1) is 6.61 Å². The minimum atomic E-state index is 0.787. The zero-order valence-corrected chi connectivity index (χ0v) is 6.42. The predicted octanol–water partition coefficient (Wildman–Crippen LogP) is 1.06. The molecule has 0 aliphatic carbocycles. The van der Waals surface area contributed by atoms with E-state index >= 15 is 0 Å². The summed E-state index contributed by atoms with van der Waals surface area (Å²) >= 11 is 0. The fourth-order valence-electron chi connectivity index (χ4n) is 1.33. The van der Waals surface area contributed by atoms with Gasteiger partial charge in [-0.1, -0.05) is 0 Å². The van der Waals surface area contributed by atoms with Crippen molar-refractivity contribution in [2.24, 2.45) is 0 Å². The normalized spacial score (nSPS) is 13.9. The number of aromatic nitrogens is 1. The Morgan fingerprint density at radius 2 is 2.55 bits per heavy atom. The summed E-state index contributed by atoms with van der Waals surface area (Å²) in [5, 5.41) is 3.04. The van der Waals surface area contributed by atoms with E-state index in [0.29, 0.717) is 0 Å². The number of ether oxygens (including phenoxy) is 1. The maximum absolute atomic E-state index is 5.36. The summed E-state index contributed by atoms with van der Waals surface area (Å²) in [5.41, 5.74) is 1.20. The average molecular weight is 150 g/mol. The van der Waals surface area contributed by atoms with Gasteiger partial charge < -0.3 is 10.1 Å². The molecule has 1 aromatic rings. The Morgan fingerprint density at radius 1 is 1.64 bits per heavy atom. The van der Waals surface area contributed by atoms with Crippen LogP contribution in [0.1, 0.15) is 5.56 Å². The molecule has 3 nitrogen and oxygen atoms in total. The van der Waals surface area contributed by atoms with Gasteiger partial charge in [-0.2, -0.15) is 0 Å². The van der Waals surface area contributed by atoms with Crippen LogP contribution in [-0.2, 0) is 6.42 Å². The van der Waals surface area contributed by atoms with E-state index in [1.165, 1.54) is 5.56 Å². The SMILES string of the molecule is CNc1nccc2c1CCO2. The van der Waals surface area contributed by atoms with Crippen molar-refractivity contribution in [3.8, 4) is 5.75 Å². The molecule has 1 aliphatic heterocycles. The fourth-order valence-corrected chi connectivity index (χ4v) is 1.33. The van der Waals surface area contributed by atoms with Gasteiger partial charge in [0.2, 0.25) is 0 Å². The van der Waals surface area contributed by atoms with Gasteiger partial charge in [0.25, 0.3) is 0 Å². The third-order valence-electron chi connectivity index (χ3n) is 1.86. The number of anilines is 1. The minimum Gasteiger partial charge on any atom is -0.493 e. The second kappa shape index (κ2) is 2.42. The van der Waals surface area contributed by atoms with Gasteiger partial charge in [-0.3, -0.25) is 0 Å². The molecule has 0 saturated carbocycles. The lowest BCUT2D eigenvalue weighted by molar-refractivity contribution is 0.356. The van der Waals surface area contributed by atoms with E-state index in [9.17, 15) is 0 Å². The van der Waals surface area contributed by atoms with E-state index in [0.717, 1.165) is 24.6 Å². The molecule has 0 saturated heterocycles. The van der Waals surface area contributed by atoms with Gasteiger partial charge in [-0.25, -0.2) is 4.98 Å². The molecule has 0 atom stereocenters. The molecule has 0 unspecified atom stereocenters. The maximum Gasteiger partial charge on any atom is 0.132 e. The molecule has 11 heavy (non-hydrogen) atoms. The summed E-state index contributed by atoms with van der Waals surface area (Å²) in [5.74, 6) is 1.92. The van der Waals surface area contributed by atoms with Crippen molar-refractivity contribution in [2.75, 3.05) is 19.0 Å². The highest BCUT2D eigenvalue weighted by Gasteiger charge is 2.15. The van der Waals surface area contributed by atoms with Crippen LogP contribution in [0.5, 0.6) is 5.75 Å². The molecule has 0 fully saturated rings. The van der Waals surface area contributed by atoms with Crippen molar-refractivity contribution in [1.29, 1.82) is 0 Å². The van der Waals surface area contributed by atoms with Crippen molar-refractivity contribution in [3.05, 3.63) is 17.8 Å². The first kappa shape index (κ1) is 6.46. The zero-order chi connectivity index (χ0) is 7.68. The van der Waals surface area contributed by atoms with Crippen molar-refractivity contribution in [2.45, 2.75) is 6.42 Å². The van der Waals surface area contributed by atoms with Crippen LogP contribution in [0.4, 0.5) is 5.82 Å². The smallest absolute Gasteiger partial charge is 0.132 e. The van der Waals surface area contributed by atoms with Crippen LogP contribution >= 0.6 is 0 Å². The molecule has 3 heteroatoms. The average Bonchev–Trinajstić information content (AvgIpc) is 2.50. The zero-order valence-electron chi connectivity index (χ0n) is 6.42. The van der Waals surface area contributed by atoms with Crippen LogP contribution in [0, 0.1) is 0 Å². The third-order valence-corrected chi connectivity index (χ3v) is 1.86. The lowest BCUT2D eigenvalue weighted by Gasteiger charge is -2.02. The lowest BCUT2D eigenvalue weighted by atomic mass is 10.2. The second-order valence-corrected chi connectivity index (χ2v) is 2.48. The summed E-state index contributed by atoms with van der Waals surface area (Å²) in [6.45, 7) is 0.787. The fraction of sp³-hybridized carbons (Fsp3) is 0.375. The quantitative estimate of drug-likeness (QED) is 0.650. The molecule has 0 bridgehead atoms. The van der Waals surface area contributed by atoms with Crippen molar-refractivity contribution < 1.29 is 4.74 Å². The summed E-state index contributed by atoms with van der Waals surface area (Å²) in [4.78, 5) is 4.18. The van der Waals surface area contributed by atoms with Crippen LogP contribution in [0.15, 0.2) is 12.3 Å². The number of nitrogens with one attached hydrogen (secondary N) is 1. The van der Waals surface area contributed by atoms with Crippen molar-refractivity contribution >= 4 is 5.82 Å². The topological polar surface area (TPSA) is 34.2 Å². The molecule has 0 aromatic carbocycles. The Balaban J connectivity index is 2.50. The molecule has 58 valence electrons. The van der Waals surface area contributed by atoms with E-state index in [1.807, 2.05) is 13.1 Å². The number of nitrogens with zero attached hydrogens (tertiary/aromatic N) is 1. The van der Waals surface area contributed by atoms with Gasteiger partial charge in [-0.05, 0) is 6.07 Å². The Bertz CT molecular complexity index is 273. The predicted molar refractivity (Wildman–Crippen MR) is 43.0 cm³/mol. The van der Waals surface area contributed by atoms with E-state index in [4.69, 9.17) is 4.74 Å². The van der Waals surface area contributed by atoms with Gasteiger partial charge in [0.15, 0.2) is 0 Å². The first-order valence-corrected chi connectivity index (χ1v) is 3.70. The molecule has 2 rings (SSSR count). The van der Waals surface area contributed by atoms with E-state index in [-0.39, 0.29) is 0 Å². The standard InChI is InChI=1S/C8H10N2O/c1-9-8-6-3-5-11-7(6)2-4-10-8/h2,4H,3,5H2,1H3,(H,9,10). The van der Waals surface area contributed by atoms with Crippen molar-refractivity contribution in [3.63, 3.8) is 0 Å². The summed E-state index contributed by atoms with van der Waals surface area (Å²) < 4.78 is 5.36. The Morgan fingerprint density at radius 3 is 3.36 bits per heavy atom. The van der Waals surface area contributed by atoms with Crippen LogP contribution in [0.25, 0.3) is 0 Å². The number of fused-ring (bicyclic) bond motifs is 1. The minimum absolute atomic E-state index is 0.787. The van der Waals surface area contributed by atoms with Gasteiger partial charge in [0.1, 0.15) is 11.6 Å². The Labute approximate surface area is 65.4 Å². The molecule has 1 aromatic heterocycles. The monoisotopic (exact) mass is 150 g/mol. The van der Waals surface area contributed by atoms with E-state index in [2.05, 4.69) is 10.3 Å². The molecule has 0 radical (unpaired) electrons. The molecule has 1 aliphatic rings. The molecule has 1 N–H and O–H groups in total. The first-order chi connectivity index (χ1) is 5.42. The number of rotatable bonds is 1. The van der Waals surface area contributed by atoms with Crippen molar-refractivity contribution in [1.82, 2.24) is 4.98 Å². The van der Waals surface area contributed by atoms with Gasteiger partial charge in [0, 0.05) is 25.2 Å². The first-order valence-electron chi connectivity index (χ1n) is 3.70. The third kappa shape index (κ3) is 0.926. The molecule has 0 spiro atoms. The summed E-state index contributed by atoms with van der Waals surface area (Å²) in [6, 6.07) is 1.91. The second-order valence-electron chi connectivity index (χ2n) is 2.48. The molecule has 2 heterocycles. The Hall–Kier alpha value is -1.25. The summed E-state index contributed by atoms with van der Waals surface area (Å²) in [7, 11) is 1.88. The summed E-state index contributed by atoms with van der Waals surface area (Å²) in [6.07, 6.45) is 2.73. The van der Waals surface area contributed by atoms with E-state index in [1.54, 1.807) is 6.20 Å². The Kier molecular flexibility index (Phi) is 1.42. The van der Waals surface area contributed by atoms with E-state index < -0.39 is 0 Å². The molecular weight excluding hydrogens is 140 g/mol. The molecular formula is C8H10N2O.